The van der Waals surface area contributed by atoms with Gasteiger partial charge in [0.25, 0.3) is 0 Å². The molecule has 18 heavy (non-hydrogen) atoms. The van der Waals surface area contributed by atoms with Crippen LogP contribution >= 0.6 is 11.3 Å². The molecule has 2 heterocycles. The predicted octanol–water partition coefficient (Wildman–Crippen LogP) is 1.35. The molecule has 0 saturated carbocycles. The zero-order valence-corrected chi connectivity index (χ0v) is 12.3. The Morgan fingerprint density at radius 3 is 2.72 bits per heavy atom. The van der Waals surface area contributed by atoms with Gasteiger partial charge in [-0.2, -0.15) is 0 Å². The lowest BCUT2D eigenvalue weighted by molar-refractivity contribution is 0.173. The lowest BCUT2D eigenvalue weighted by Crippen LogP contribution is -2.35. The first kappa shape index (κ1) is 13.7. The minimum absolute atomic E-state index is 0.836. The Labute approximate surface area is 113 Å². The molecule has 1 N–H and O–H groups in total. The number of hydrogen-bond acceptors (Lipinski definition) is 6. The molecule has 0 amide bonds. The van der Waals surface area contributed by atoms with E-state index in [4.69, 9.17) is 0 Å². The van der Waals surface area contributed by atoms with Crippen molar-refractivity contribution in [2.24, 2.45) is 5.92 Å². The van der Waals surface area contributed by atoms with E-state index in [9.17, 15) is 0 Å². The van der Waals surface area contributed by atoms with Crippen LogP contribution in [0.2, 0.25) is 0 Å². The fourth-order valence-corrected chi connectivity index (χ4v) is 3.17. The van der Waals surface area contributed by atoms with Gasteiger partial charge in [-0.05, 0) is 45.9 Å². The molecule has 1 aliphatic heterocycles. The standard InChI is InChI=1S/C12H23N5S/c1-13-12-15-14-11(18-12)9-17(3)8-10-4-6-16(2)7-5-10/h10H,4-9H2,1-3H3,(H,13,15). The molecule has 1 aromatic heterocycles. The topological polar surface area (TPSA) is 44.3 Å². The quantitative estimate of drug-likeness (QED) is 0.874. The first-order valence-corrected chi connectivity index (χ1v) is 7.36. The van der Waals surface area contributed by atoms with Gasteiger partial charge in [-0.1, -0.05) is 11.3 Å². The van der Waals surface area contributed by atoms with Crippen molar-refractivity contribution in [2.45, 2.75) is 19.4 Å². The Hall–Kier alpha value is -0.720. The van der Waals surface area contributed by atoms with Crippen molar-refractivity contribution in [2.75, 3.05) is 46.1 Å². The van der Waals surface area contributed by atoms with Gasteiger partial charge >= 0.3 is 0 Å². The third-order valence-corrected chi connectivity index (χ3v) is 4.42. The minimum atomic E-state index is 0.836. The molecule has 0 aliphatic carbocycles. The molecule has 2 rings (SSSR count). The number of anilines is 1. The Kier molecular flexibility index (Phi) is 4.91. The highest BCUT2D eigenvalue weighted by Crippen LogP contribution is 2.19. The average molecular weight is 269 g/mol. The smallest absolute Gasteiger partial charge is 0.205 e. The van der Waals surface area contributed by atoms with Crippen molar-refractivity contribution in [1.29, 1.82) is 0 Å². The molecule has 0 unspecified atom stereocenters. The van der Waals surface area contributed by atoms with E-state index in [0.717, 1.165) is 22.6 Å². The van der Waals surface area contributed by atoms with Crippen LogP contribution in [0.15, 0.2) is 0 Å². The summed E-state index contributed by atoms with van der Waals surface area (Å²) >= 11 is 1.64. The molecule has 102 valence electrons. The number of rotatable bonds is 5. The second kappa shape index (κ2) is 6.45. The summed E-state index contributed by atoms with van der Waals surface area (Å²) in [6.07, 6.45) is 2.64. The van der Waals surface area contributed by atoms with E-state index in [0.29, 0.717) is 0 Å². The highest BCUT2D eigenvalue weighted by Gasteiger charge is 2.18. The first-order valence-electron chi connectivity index (χ1n) is 6.54. The number of nitrogens with zero attached hydrogens (tertiary/aromatic N) is 4. The van der Waals surface area contributed by atoms with E-state index in [2.05, 4.69) is 39.4 Å². The molecule has 0 spiro atoms. The Bertz CT molecular complexity index is 359. The summed E-state index contributed by atoms with van der Waals surface area (Å²) in [6, 6.07) is 0. The molecule has 5 nitrogen and oxygen atoms in total. The SMILES string of the molecule is CNc1nnc(CN(C)CC2CCN(C)CC2)s1. The first-order chi connectivity index (χ1) is 8.67. The number of nitrogens with one attached hydrogen (secondary N) is 1. The van der Waals surface area contributed by atoms with Crippen LogP contribution in [0.25, 0.3) is 0 Å². The maximum absolute atomic E-state index is 4.19. The van der Waals surface area contributed by atoms with Crippen molar-refractivity contribution in [3.05, 3.63) is 5.01 Å². The predicted molar refractivity (Wildman–Crippen MR) is 76.0 cm³/mol. The maximum Gasteiger partial charge on any atom is 0.205 e. The zero-order chi connectivity index (χ0) is 13.0. The van der Waals surface area contributed by atoms with Crippen molar-refractivity contribution in [3.63, 3.8) is 0 Å². The fourth-order valence-electron chi connectivity index (χ4n) is 2.40. The van der Waals surface area contributed by atoms with Crippen LogP contribution in [0, 0.1) is 5.92 Å². The van der Waals surface area contributed by atoms with Crippen LogP contribution in [0.4, 0.5) is 5.13 Å². The summed E-state index contributed by atoms with van der Waals surface area (Å²) in [4.78, 5) is 4.79. The molecule has 1 aromatic rings. The largest absolute Gasteiger partial charge is 0.363 e. The summed E-state index contributed by atoms with van der Waals surface area (Å²) in [5, 5.41) is 13.3. The van der Waals surface area contributed by atoms with Crippen LogP contribution in [0.5, 0.6) is 0 Å². The number of likely N-dealkylation sites (tertiary alicyclic amines) is 1. The van der Waals surface area contributed by atoms with Gasteiger partial charge in [-0.15, -0.1) is 10.2 Å². The Morgan fingerprint density at radius 2 is 2.11 bits per heavy atom. The normalized spacial score (nSPS) is 18.4. The third kappa shape index (κ3) is 3.90. The highest BCUT2D eigenvalue weighted by molar-refractivity contribution is 7.15. The molecule has 0 aromatic carbocycles. The molecule has 1 fully saturated rings. The number of aromatic nitrogens is 2. The van der Waals surface area contributed by atoms with Gasteiger partial charge in [-0.25, -0.2) is 0 Å². The number of piperidine rings is 1. The number of hydrogen-bond donors (Lipinski definition) is 1. The van der Waals surface area contributed by atoms with Gasteiger partial charge in [-0.3, -0.25) is 4.90 Å². The van der Waals surface area contributed by atoms with Gasteiger partial charge in [0.2, 0.25) is 5.13 Å². The monoisotopic (exact) mass is 269 g/mol. The highest BCUT2D eigenvalue weighted by atomic mass is 32.1. The molecule has 6 heteroatoms. The van der Waals surface area contributed by atoms with Gasteiger partial charge in [0, 0.05) is 13.6 Å². The molecule has 0 radical (unpaired) electrons. The van der Waals surface area contributed by atoms with Gasteiger partial charge in [0.05, 0.1) is 6.54 Å². The lowest BCUT2D eigenvalue weighted by atomic mass is 9.97. The second-order valence-corrected chi connectivity index (χ2v) is 6.26. The zero-order valence-electron chi connectivity index (χ0n) is 11.5. The summed E-state index contributed by atoms with van der Waals surface area (Å²) in [6.45, 7) is 4.55. The summed E-state index contributed by atoms with van der Waals surface area (Å²) in [5.41, 5.74) is 0. The van der Waals surface area contributed by atoms with Crippen LogP contribution in [0.1, 0.15) is 17.8 Å². The van der Waals surface area contributed by atoms with Crippen molar-refractivity contribution < 1.29 is 0 Å². The van der Waals surface area contributed by atoms with Gasteiger partial charge in [0.15, 0.2) is 0 Å². The van der Waals surface area contributed by atoms with Crippen LogP contribution in [-0.4, -0.2) is 60.8 Å². The van der Waals surface area contributed by atoms with Gasteiger partial charge in [0.1, 0.15) is 5.01 Å². The average Bonchev–Trinajstić information content (AvgIpc) is 2.79. The Morgan fingerprint density at radius 1 is 1.39 bits per heavy atom. The van der Waals surface area contributed by atoms with E-state index >= 15 is 0 Å². The van der Waals surface area contributed by atoms with Crippen LogP contribution < -0.4 is 5.32 Å². The van der Waals surface area contributed by atoms with E-state index in [-0.39, 0.29) is 0 Å². The van der Waals surface area contributed by atoms with Crippen molar-refractivity contribution >= 4 is 16.5 Å². The Balaban J connectivity index is 1.76. The van der Waals surface area contributed by atoms with Crippen molar-refractivity contribution in [1.82, 2.24) is 20.0 Å². The second-order valence-electron chi connectivity index (χ2n) is 5.19. The minimum Gasteiger partial charge on any atom is -0.363 e. The molecule has 0 atom stereocenters. The van der Waals surface area contributed by atoms with Crippen molar-refractivity contribution in [3.8, 4) is 0 Å². The van der Waals surface area contributed by atoms with E-state index in [1.54, 1.807) is 11.3 Å². The van der Waals surface area contributed by atoms with Crippen LogP contribution in [-0.2, 0) is 6.54 Å². The van der Waals surface area contributed by atoms with E-state index in [1.807, 2.05) is 7.05 Å². The molecule has 1 saturated heterocycles. The van der Waals surface area contributed by atoms with E-state index in [1.165, 1.54) is 32.5 Å². The molecular formula is C12H23N5S. The fraction of sp³-hybridized carbons (Fsp3) is 0.833. The third-order valence-electron chi connectivity index (χ3n) is 3.49. The molecular weight excluding hydrogens is 246 g/mol. The van der Waals surface area contributed by atoms with Gasteiger partial charge < -0.3 is 10.2 Å². The maximum atomic E-state index is 4.19. The van der Waals surface area contributed by atoms with Crippen LogP contribution in [0.3, 0.4) is 0 Å². The molecule has 1 aliphatic rings. The lowest BCUT2D eigenvalue weighted by Gasteiger charge is -2.31. The summed E-state index contributed by atoms with van der Waals surface area (Å²) < 4.78 is 0. The van der Waals surface area contributed by atoms with E-state index < -0.39 is 0 Å². The summed E-state index contributed by atoms with van der Waals surface area (Å²) in [5.74, 6) is 0.836. The summed E-state index contributed by atoms with van der Waals surface area (Å²) in [7, 11) is 6.27. The molecule has 0 bridgehead atoms.